The van der Waals surface area contributed by atoms with Gasteiger partial charge in [-0.1, -0.05) is 0 Å². The fourth-order valence-electron chi connectivity index (χ4n) is 4.33. The van der Waals surface area contributed by atoms with Crippen LogP contribution in [-0.4, -0.2) is 16.5 Å². The van der Waals surface area contributed by atoms with Crippen molar-refractivity contribution in [2.45, 2.75) is 68.2 Å². The average molecular weight is 406 g/mol. The molecule has 0 radical (unpaired) electrons. The van der Waals surface area contributed by atoms with Gasteiger partial charge in [-0.2, -0.15) is 0 Å². The van der Waals surface area contributed by atoms with E-state index < -0.39 is 16.8 Å². The number of hydrogen-bond donors (Lipinski definition) is 1. The van der Waals surface area contributed by atoms with E-state index in [1.54, 1.807) is 11.1 Å². The smallest absolute Gasteiger partial charge is 0.0149 e. The van der Waals surface area contributed by atoms with Gasteiger partial charge in [0.05, 0.1) is 0 Å². The van der Waals surface area contributed by atoms with E-state index >= 15 is 0 Å². The molecule has 0 saturated carbocycles. The molecule has 1 atom stereocenters. The fourth-order valence-corrected chi connectivity index (χ4v) is 11.1. The summed E-state index contributed by atoms with van der Waals surface area (Å²) in [6, 6.07) is 9.06. The van der Waals surface area contributed by atoms with Crippen LogP contribution in [0.25, 0.3) is 5.57 Å². The first-order valence-corrected chi connectivity index (χ1v) is 14.2. The topological polar surface area (TPSA) is 12.0 Å². The van der Waals surface area contributed by atoms with Gasteiger partial charge in [-0.05, 0) is 11.0 Å². The Labute approximate surface area is 169 Å². The third-order valence-electron chi connectivity index (χ3n) is 4.81. The second-order valence-electron chi connectivity index (χ2n) is 9.15. The Kier molecular flexibility index (Phi) is 8.10. The minimum absolute atomic E-state index is 0. The van der Waals surface area contributed by atoms with Gasteiger partial charge in [0.2, 0.25) is 0 Å². The minimum Gasteiger partial charge on any atom is -0.0149 e. The zero-order valence-electron chi connectivity index (χ0n) is 17.3. The Bertz CT molecular complexity index is 716. The molecule has 0 amide bonds. The molecule has 1 aliphatic rings. The molecule has 2 rings (SSSR count). The van der Waals surface area contributed by atoms with E-state index in [0.717, 1.165) is 6.42 Å². The Morgan fingerprint density at radius 2 is 1.77 bits per heavy atom. The summed E-state index contributed by atoms with van der Waals surface area (Å²) in [5.74, 6) is 0. The van der Waals surface area contributed by atoms with Crippen molar-refractivity contribution < 1.29 is 16.8 Å². The van der Waals surface area contributed by atoms with Gasteiger partial charge in [-0.15, -0.1) is 0 Å². The van der Waals surface area contributed by atoms with Crippen LogP contribution in [0.3, 0.4) is 0 Å². The largest absolute Gasteiger partial charge is 0.0149 e. The van der Waals surface area contributed by atoms with Crippen LogP contribution in [0.4, 0.5) is 0 Å². The van der Waals surface area contributed by atoms with Gasteiger partial charge in [0, 0.05) is 0 Å². The van der Waals surface area contributed by atoms with E-state index in [1.165, 1.54) is 16.7 Å². The summed E-state index contributed by atoms with van der Waals surface area (Å²) in [5, 5.41) is 5.05. The summed E-state index contributed by atoms with van der Waals surface area (Å²) >= 11 is -2.26. The third kappa shape index (κ3) is 5.66. The molecular formula is C23H39NSiTi. The standard InChI is InChI=1S/C17H19.C4H10N.2CH3.H4Si.Ti/c1-13(2)8-4-6-10-16-14(3)12-15-9-5-7-11-17(15)16;1-4(2,3)5;;;;/h4-9,11-12H,10H2,1-3H3;5H,1-3H3;2*1H3;1H4;/q;-1;;;;+1. The first kappa shape index (κ1) is 23.4. The zero-order valence-corrected chi connectivity index (χ0v) is 18.9. The average Bonchev–Trinajstić information content (AvgIpc) is 2.73. The SMILES string of the molecule is CC(C)=CC=CCC1=C(C)[CH]([Ti]([CH3])([CH3])[NH]C(C)(C)C)c2ccccc21.[SiH4]. The maximum Gasteiger partial charge on any atom is -0.0149 e. The Balaban J connectivity index is 0.00000338. The normalized spacial score (nSPS) is 17.3. The number of nitrogens with one attached hydrogen (secondary N) is 1. The molecule has 0 heterocycles. The summed E-state index contributed by atoms with van der Waals surface area (Å²) in [6.07, 6.45) is 7.72. The van der Waals surface area contributed by atoms with E-state index in [4.69, 9.17) is 0 Å². The van der Waals surface area contributed by atoms with E-state index in [9.17, 15) is 0 Å². The van der Waals surface area contributed by atoms with E-state index in [2.05, 4.69) is 98.3 Å². The van der Waals surface area contributed by atoms with Crippen LogP contribution < -0.4 is 3.80 Å². The molecule has 0 aliphatic heterocycles. The van der Waals surface area contributed by atoms with Crippen LogP contribution in [0.2, 0.25) is 10.5 Å². The number of benzene rings is 1. The van der Waals surface area contributed by atoms with Crippen LogP contribution in [0, 0.1) is 0 Å². The summed E-state index contributed by atoms with van der Waals surface area (Å²) < 4.78 is 4.64. The molecule has 1 aromatic rings. The Morgan fingerprint density at radius 3 is 2.35 bits per heavy atom. The Morgan fingerprint density at radius 1 is 1.15 bits per heavy atom. The van der Waals surface area contributed by atoms with Crippen molar-refractivity contribution in [2.75, 3.05) is 0 Å². The van der Waals surface area contributed by atoms with Gasteiger partial charge in [0.15, 0.2) is 0 Å². The number of hydrogen-bond acceptors (Lipinski definition) is 1. The van der Waals surface area contributed by atoms with Crippen molar-refractivity contribution in [3.63, 3.8) is 0 Å². The Hall–Kier alpha value is -0.669. The number of allylic oxidation sites excluding steroid dienone is 6. The molecule has 0 aromatic heterocycles. The van der Waals surface area contributed by atoms with Gasteiger partial charge in [0.1, 0.15) is 0 Å². The molecule has 0 bridgehead atoms. The predicted octanol–water partition coefficient (Wildman–Crippen LogP) is 5.53. The molecule has 0 fully saturated rings. The van der Waals surface area contributed by atoms with Crippen molar-refractivity contribution in [1.29, 1.82) is 0 Å². The second-order valence-corrected chi connectivity index (χ2v) is 15.8. The third-order valence-corrected chi connectivity index (χ3v) is 10.4. The van der Waals surface area contributed by atoms with Crippen LogP contribution >= 0.6 is 0 Å². The van der Waals surface area contributed by atoms with Gasteiger partial charge in [0.25, 0.3) is 0 Å². The van der Waals surface area contributed by atoms with E-state index in [-0.39, 0.29) is 16.5 Å². The summed E-state index contributed by atoms with van der Waals surface area (Å²) in [5.41, 5.74) is 7.66. The molecule has 0 saturated heterocycles. The summed E-state index contributed by atoms with van der Waals surface area (Å²) in [4.78, 5) is 0. The molecular weight excluding hydrogens is 366 g/mol. The van der Waals surface area contributed by atoms with Crippen molar-refractivity contribution >= 4 is 16.5 Å². The molecule has 0 spiro atoms. The van der Waals surface area contributed by atoms with Gasteiger partial charge < -0.3 is 0 Å². The monoisotopic (exact) mass is 405 g/mol. The molecule has 1 aromatic carbocycles. The van der Waals surface area contributed by atoms with Crippen molar-refractivity contribution in [2.24, 2.45) is 0 Å². The maximum atomic E-state index is 4.04. The molecule has 1 aliphatic carbocycles. The van der Waals surface area contributed by atoms with Crippen LogP contribution in [0.1, 0.15) is 63.3 Å². The maximum absolute atomic E-state index is 4.04. The second kappa shape index (κ2) is 9.01. The molecule has 1 unspecified atom stereocenters. The van der Waals surface area contributed by atoms with Crippen LogP contribution in [0.5, 0.6) is 0 Å². The van der Waals surface area contributed by atoms with Gasteiger partial charge >= 0.3 is 159 Å². The first-order valence-electron chi connectivity index (χ1n) is 9.41. The first-order chi connectivity index (χ1) is 11.5. The van der Waals surface area contributed by atoms with Crippen LogP contribution in [-0.2, 0) is 16.8 Å². The summed E-state index contributed by atoms with van der Waals surface area (Å²) in [6.45, 7) is 13.5. The molecule has 144 valence electrons. The molecule has 26 heavy (non-hydrogen) atoms. The predicted molar refractivity (Wildman–Crippen MR) is 121 cm³/mol. The van der Waals surface area contributed by atoms with Gasteiger partial charge in [-0.3, -0.25) is 0 Å². The summed E-state index contributed by atoms with van der Waals surface area (Å²) in [7, 11) is 0. The zero-order chi connectivity index (χ0) is 18.8. The quantitative estimate of drug-likeness (QED) is 0.502. The fraction of sp³-hybridized carbons (Fsp3) is 0.478. The number of rotatable bonds is 5. The molecule has 1 N–H and O–H groups in total. The molecule has 1 nitrogen and oxygen atoms in total. The molecule has 3 heteroatoms. The van der Waals surface area contributed by atoms with Crippen LogP contribution in [0.15, 0.2) is 53.6 Å². The number of fused-ring (bicyclic) bond motifs is 1. The van der Waals surface area contributed by atoms with Crippen molar-refractivity contribution in [3.05, 3.63) is 64.8 Å². The van der Waals surface area contributed by atoms with E-state index in [0.29, 0.717) is 4.22 Å². The van der Waals surface area contributed by atoms with E-state index in [1.807, 2.05) is 0 Å². The van der Waals surface area contributed by atoms with Crippen molar-refractivity contribution in [1.82, 2.24) is 3.80 Å². The van der Waals surface area contributed by atoms with Crippen molar-refractivity contribution in [3.8, 4) is 0 Å². The minimum atomic E-state index is -2.26. The van der Waals surface area contributed by atoms with Gasteiger partial charge in [-0.25, -0.2) is 0 Å².